The molecule has 2 N–H and O–H groups in total. The van der Waals surface area contributed by atoms with E-state index >= 15 is 0 Å². The molecule has 0 heterocycles. The van der Waals surface area contributed by atoms with Crippen LogP contribution >= 0.6 is 0 Å². The van der Waals surface area contributed by atoms with Crippen LogP contribution in [-0.2, 0) is 14.9 Å². The van der Waals surface area contributed by atoms with Gasteiger partial charge in [-0.3, -0.25) is 4.79 Å². The number of carbonyl (C=O) groups is 1. The molecule has 0 aliphatic carbocycles. The Bertz CT molecular complexity index is 470. The van der Waals surface area contributed by atoms with E-state index in [1.54, 1.807) is 6.92 Å². The smallest absolute Gasteiger partial charge is 0.316 e. The first-order valence-corrected chi connectivity index (χ1v) is 6.39. The van der Waals surface area contributed by atoms with Crippen LogP contribution < -0.4 is 5.73 Å². The van der Waals surface area contributed by atoms with Crippen molar-refractivity contribution in [1.29, 1.82) is 0 Å². The van der Waals surface area contributed by atoms with Gasteiger partial charge in [0, 0.05) is 17.7 Å². The molecule has 0 aromatic heterocycles. The van der Waals surface area contributed by atoms with Crippen LogP contribution in [0.3, 0.4) is 0 Å². The Balaban J connectivity index is 3.33. The first-order valence-electron chi connectivity index (χ1n) is 6.39. The number of esters is 1. The molecule has 0 bridgehead atoms. The molecule has 0 aliphatic heterocycles. The first kappa shape index (κ1) is 16.5. The second kappa shape index (κ2) is 6.74. The van der Waals surface area contributed by atoms with Crippen LogP contribution in [0.1, 0.15) is 32.3 Å². The van der Waals surface area contributed by atoms with E-state index in [2.05, 4.69) is 0 Å². The highest BCUT2D eigenvalue weighted by atomic mass is 19.1. The van der Waals surface area contributed by atoms with Gasteiger partial charge in [-0.25, -0.2) is 13.2 Å². The number of ether oxygens (including phenoxy) is 1. The first-order chi connectivity index (χ1) is 9.36. The summed E-state index contributed by atoms with van der Waals surface area (Å²) >= 11 is 0. The molecule has 6 heteroatoms. The van der Waals surface area contributed by atoms with Crippen molar-refractivity contribution in [1.82, 2.24) is 0 Å². The van der Waals surface area contributed by atoms with Crippen LogP contribution in [0.4, 0.5) is 13.2 Å². The predicted molar refractivity (Wildman–Crippen MR) is 68.6 cm³/mol. The summed E-state index contributed by atoms with van der Waals surface area (Å²) in [6.07, 6.45) is 0.493. The Hall–Kier alpha value is -1.56. The van der Waals surface area contributed by atoms with Crippen LogP contribution in [-0.4, -0.2) is 19.1 Å². The summed E-state index contributed by atoms with van der Waals surface area (Å²) in [5.74, 6) is -3.99. The minimum absolute atomic E-state index is 0.0848. The van der Waals surface area contributed by atoms with Crippen molar-refractivity contribution < 1.29 is 22.7 Å². The Morgan fingerprint density at radius 3 is 2.30 bits per heavy atom. The molecule has 20 heavy (non-hydrogen) atoms. The van der Waals surface area contributed by atoms with E-state index in [-0.39, 0.29) is 19.6 Å². The third-order valence-electron chi connectivity index (χ3n) is 3.17. The van der Waals surface area contributed by atoms with Gasteiger partial charge >= 0.3 is 5.97 Å². The number of carbonyl (C=O) groups excluding carboxylic acids is 1. The maximum absolute atomic E-state index is 13.9. The van der Waals surface area contributed by atoms with E-state index in [0.717, 1.165) is 0 Å². The van der Waals surface area contributed by atoms with Crippen LogP contribution in [0.25, 0.3) is 0 Å². The van der Waals surface area contributed by atoms with Crippen LogP contribution in [0, 0.1) is 17.5 Å². The minimum Gasteiger partial charge on any atom is -0.465 e. The predicted octanol–water partition coefficient (Wildman–Crippen LogP) is 2.66. The van der Waals surface area contributed by atoms with E-state index in [4.69, 9.17) is 10.5 Å². The van der Waals surface area contributed by atoms with Gasteiger partial charge in [0.1, 0.15) is 17.5 Å². The van der Waals surface area contributed by atoms with Crippen LogP contribution in [0.15, 0.2) is 12.1 Å². The minimum atomic E-state index is -1.53. The molecule has 3 nitrogen and oxygen atoms in total. The largest absolute Gasteiger partial charge is 0.465 e. The summed E-state index contributed by atoms with van der Waals surface area (Å²) in [5, 5.41) is 0. The highest BCUT2D eigenvalue weighted by Gasteiger charge is 2.41. The summed E-state index contributed by atoms with van der Waals surface area (Å²) in [4.78, 5) is 12.1. The second-order valence-corrected chi connectivity index (χ2v) is 4.69. The van der Waals surface area contributed by atoms with Gasteiger partial charge in [0.15, 0.2) is 0 Å². The van der Waals surface area contributed by atoms with E-state index in [0.29, 0.717) is 18.6 Å². The molecular formula is C14H18F3NO2. The fourth-order valence-electron chi connectivity index (χ4n) is 2.14. The van der Waals surface area contributed by atoms with E-state index in [1.807, 2.05) is 0 Å². The average molecular weight is 289 g/mol. The quantitative estimate of drug-likeness (QED) is 0.819. The van der Waals surface area contributed by atoms with Gasteiger partial charge in [0.2, 0.25) is 0 Å². The lowest BCUT2D eigenvalue weighted by Gasteiger charge is -2.28. The monoisotopic (exact) mass is 289 g/mol. The van der Waals surface area contributed by atoms with Crippen molar-refractivity contribution in [2.45, 2.75) is 32.1 Å². The molecular weight excluding hydrogens is 271 g/mol. The maximum Gasteiger partial charge on any atom is 0.316 e. The van der Waals surface area contributed by atoms with Gasteiger partial charge < -0.3 is 10.5 Å². The molecule has 1 aromatic carbocycles. The fourth-order valence-corrected chi connectivity index (χ4v) is 2.14. The molecule has 0 spiro atoms. The van der Waals surface area contributed by atoms with Crippen LogP contribution in [0.2, 0.25) is 0 Å². The molecule has 0 fully saturated rings. The molecule has 1 aromatic rings. The van der Waals surface area contributed by atoms with Crippen molar-refractivity contribution in [3.05, 3.63) is 35.1 Å². The molecule has 112 valence electrons. The third-order valence-corrected chi connectivity index (χ3v) is 3.17. The lowest BCUT2D eigenvalue weighted by atomic mass is 9.77. The number of benzene rings is 1. The SMILES string of the molecule is CCOC(=O)C(C)(CCCN)c1c(F)cc(F)cc1F. The van der Waals surface area contributed by atoms with Gasteiger partial charge in [-0.05, 0) is 33.2 Å². The Morgan fingerprint density at radius 1 is 1.30 bits per heavy atom. The summed E-state index contributed by atoms with van der Waals surface area (Å²) < 4.78 is 45.7. The maximum atomic E-state index is 13.9. The lowest BCUT2D eigenvalue weighted by molar-refractivity contribution is -0.150. The van der Waals surface area contributed by atoms with Crippen molar-refractivity contribution in [2.24, 2.45) is 5.73 Å². The highest BCUT2D eigenvalue weighted by molar-refractivity contribution is 5.83. The van der Waals surface area contributed by atoms with Gasteiger partial charge in [-0.1, -0.05) is 0 Å². The summed E-state index contributed by atoms with van der Waals surface area (Å²) in [5.41, 5.74) is 3.38. The average Bonchev–Trinajstić information content (AvgIpc) is 2.35. The summed E-state index contributed by atoms with van der Waals surface area (Å²) in [6.45, 7) is 3.32. The number of hydrogen-bond donors (Lipinski definition) is 1. The molecule has 0 radical (unpaired) electrons. The van der Waals surface area contributed by atoms with Crippen molar-refractivity contribution in [3.63, 3.8) is 0 Å². The molecule has 0 saturated carbocycles. The lowest BCUT2D eigenvalue weighted by Crippen LogP contribution is -2.37. The van der Waals surface area contributed by atoms with Gasteiger partial charge in [0.25, 0.3) is 0 Å². The normalized spacial score (nSPS) is 13.9. The summed E-state index contributed by atoms with van der Waals surface area (Å²) in [7, 11) is 0. The molecule has 1 rings (SSSR count). The topological polar surface area (TPSA) is 52.3 Å². The zero-order valence-electron chi connectivity index (χ0n) is 11.5. The van der Waals surface area contributed by atoms with E-state index in [9.17, 15) is 18.0 Å². The van der Waals surface area contributed by atoms with Gasteiger partial charge in [-0.15, -0.1) is 0 Å². The van der Waals surface area contributed by atoms with Crippen LogP contribution in [0.5, 0.6) is 0 Å². The molecule has 1 atom stereocenters. The fraction of sp³-hybridized carbons (Fsp3) is 0.500. The third kappa shape index (κ3) is 3.30. The van der Waals surface area contributed by atoms with Crippen molar-refractivity contribution >= 4 is 5.97 Å². The van der Waals surface area contributed by atoms with Gasteiger partial charge in [0.05, 0.1) is 12.0 Å². The zero-order valence-corrected chi connectivity index (χ0v) is 11.5. The summed E-state index contributed by atoms with van der Waals surface area (Å²) in [6, 6.07) is 1.11. The van der Waals surface area contributed by atoms with E-state index in [1.165, 1.54) is 6.92 Å². The Kier molecular flexibility index (Phi) is 5.56. The number of hydrogen-bond acceptors (Lipinski definition) is 3. The second-order valence-electron chi connectivity index (χ2n) is 4.69. The molecule has 0 aliphatic rings. The Labute approximate surface area is 115 Å². The van der Waals surface area contributed by atoms with Crippen molar-refractivity contribution in [2.75, 3.05) is 13.2 Å². The standard InChI is InChI=1S/C14H18F3NO2/c1-3-20-13(19)14(2,5-4-6-18)12-10(16)7-9(15)8-11(12)17/h7-8H,3-6,18H2,1-2H3. The number of halogens is 3. The number of rotatable bonds is 6. The molecule has 1 unspecified atom stereocenters. The Morgan fingerprint density at radius 2 is 1.85 bits per heavy atom. The number of nitrogens with two attached hydrogens (primary N) is 1. The molecule has 0 saturated heterocycles. The highest BCUT2D eigenvalue weighted by Crippen LogP contribution is 2.34. The molecule has 0 amide bonds. The van der Waals surface area contributed by atoms with Crippen molar-refractivity contribution in [3.8, 4) is 0 Å². The zero-order chi connectivity index (χ0) is 15.3. The van der Waals surface area contributed by atoms with E-state index < -0.39 is 34.4 Å². The van der Waals surface area contributed by atoms with Gasteiger partial charge in [-0.2, -0.15) is 0 Å².